The van der Waals surface area contributed by atoms with E-state index in [0.29, 0.717) is 0 Å². The van der Waals surface area contributed by atoms with Crippen LogP contribution in [0.15, 0.2) is 12.7 Å². The van der Waals surface area contributed by atoms with E-state index in [0.717, 1.165) is 6.08 Å². The van der Waals surface area contributed by atoms with E-state index in [2.05, 4.69) is 16.6 Å². The minimum Gasteiger partial charge on any atom is -0.464 e. The maximum atomic E-state index is 12.0. The quantitative estimate of drug-likeness (QED) is 0.236. The highest BCUT2D eigenvalue weighted by molar-refractivity contribution is 5.81. The van der Waals surface area contributed by atoms with Crippen molar-refractivity contribution in [3.05, 3.63) is 12.7 Å². The lowest BCUT2D eigenvalue weighted by Gasteiger charge is -2.22. The summed E-state index contributed by atoms with van der Waals surface area (Å²) in [5, 5.41) is 2.50. The van der Waals surface area contributed by atoms with Gasteiger partial charge < -0.3 is 30.2 Å². The molecule has 0 aliphatic rings. The van der Waals surface area contributed by atoms with Gasteiger partial charge in [0.25, 0.3) is 0 Å². The first-order valence-electron chi connectivity index (χ1n) is 6.74. The molecule has 3 N–H and O–H groups in total. The number of hydrogen-bond acceptors (Lipinski definition) is 7. The number of rotatable bonds is 10. The molecule has 0 aromatic heterocycles. The molecule has 0 aliphatic carbocycles. The molecule has 0 aromatic carbocycles. The summed E-state index contributed by atoms with van der Waals surface area (Å²) in [4.78, 5) is 45.3. The van der Waals surface area contributed by atoms with Crippen molar-refractivity contribution in [3.63, 3.8) is 0 Å². The Bertz CT molecular complexity index is 419. The Morgan fingerprint density at radius 1 is 1.09 bits per heavy atom. The third-order valence-corrected chi connectivity index (χ3v) is 2.35. The second-order valence-corrected chi connectivity index (χ2v) is 4.10. The second kappa shape index (κ2) is 11.8. The van der Waals surface area contributed by atoms with E-state index in [-0.39, 0.29) is 39.5 Å². The molecule has 0 spiro atoms. The monoisotopic (exact) mass is 331 g/mol. The Morgan fingerprint density at radius 2 is 1.70 bits per heavy atom. The topological polar surface area (TPSA) is 137 Å². The van der Waals surface area contributed by atoms with E-state index in [4.69, 9.17) is 15.2 Å². The van der Waals surface area contributed by atoms with Crippen molar-refractivity contribution in [2.75, 3.05) is 39.5 Å². The minimum atomic E-state index is -0.957. The SMILES string of the molecule is C=CC(=O)OCCNC(=O)N(CCOC(C)=O)CCOC(N)=O. The van der Waals surface area contributed by atoms with Crippen LogP contribution in [0.3, 0.4) is 0 Å². The summed E-state index contributed by atoms with van der Waals surface area (Å²) in [6.45, 7) is 4.58. The van der Waals surface area contributed by atoms with Crippen molar-refractivity contribution in [1.29, 1.82) is 0 Å². The average Bonchev–Trinajstić information content (AvgIpc) is 2.48. The number of carbonyl (C=O) groups is 4. The van der Waals surface area contributed by atoms with Gasteiger partial charge in [0.2, 0.25) is 0 Å². The summed E-state index contributed by atoms with van der Waals surface area (Å²) in [6, 6.07) is -0.500. The fourth-order valence-electron chi connectivity index (χ4n) is 1.35. The molecule has 10 heteroatoms. The van der Waals surface area contributed by atoms with Crippen molar-refractivity contribution in [2.24, 2.45) is 5.73 Å². The second-order valence-electron chi connectivity index (χ2n) is 4.10. The van der Waals surface area contributed by atoms with Gasteiger partial charge >= 0.3 is 24.1 Å². The summed E-state index contributed by atoms with van der Waals surface area (Å²) in [6.07, 6.45) is 0.0515. The van der Waals surface area contributed by atoms with E-state index in [1.54, 1.807) is 0 Å². The van der Waals surface area contributed by atoms with Gasteiger partial charge in [0.05, 0.1) is 19.6 Å². The zero-order valence-electron chi connectivity index (χ0n) is 12.9. The molecule has 23 heavy (non-hydrogen) atoms. The summed E-state index contributed by atoms with van der Waals surface area (Å²) < 4.78 is 14.0. The normalized spacial score (nSPS) is 9.43. The van der Waals surface area contributed by atoms with Crippen LogP contribution in [0.5, 0.6) is 0 Å². The molecule has 0 radical (unpaired) electrons. The fourth-order valence-corrected chi connectivity index (χ4v) is 1.35. The predicted molar refractivity (Wildman–Crippen MR) is 78.3 cm³/mol. The van der Waals surface area contributed by atoms with E-state index >= 15 is 0 Å². The molecule has 0 heterocycles. The van der Waals surface area contributed by atoms with Crippen molar-refractivity contribution in [1.82, 2.24) is 10.2 Å². The molecule has 130 valence electrons. The van der Waals surface area contributed by atoms with Crippen molar-refractivity contribution in [3.8, 4) is 0 Å². The van der Waals surface area contributed by atoms with Crippen LogP contribution in [0.2, 0.25) is 0 Å². The molecule has 0 unspecified atom stereocenters. The molecule has 3 amide bonds. The van der Waals surface area contributed by atoms with Crippen LogP contribution in [0.25, 0.3) is 0 Å². The maximum Gasteiger partial charge on any atom is 0.404 e. The number of nitrogens with two attached hydrogens (primary N) is 1. The van der Waals surface area contributed by atoms with Gasteiger partial charge in [-0.15, -0.1) is 0 Å². The third kappa shape index (κ3) is 11.5. The molecule has 10 nitrogen and oxygen atoms in total. The number of amides is 3. The zero-order chi connectivity index (χ0) is 17.7. The molecule has 0 saturated heterocycles. The first-order chi connectivity index (χ1) is 10.9. The number of urea groups is 1. The molecule has 0 aromatic rings. The molecular formula is C13H21N3O7. The number of esters is 2. The summed E-state index contributed by atoms with van der Waals surface area (Å²) in [7, 11) is 0. The first kappa shape index (κ1) is 20.2. The molecule has 0 rings (SSSR count). The van der Waals surface area contributed by atoms with Crippen LogP contribution in [-0.2, 0) is 23.8 Å². The number of ether oxygens (including phenoxy) is 3. The van der Waals surface area contributed by atoms with E-state index in [9.17, 15) is 19.2 Å². The van der Waals surface area contributed by atoms with Crippen molar-refractivity contribution < 1.29 is 33.4 Å². The number of nitrogens with zero attached hydrogens (tertiary/aromatic N) is 1. The third-order valence-electron chi connectivity index (χ3n) is 2.35. The van der Waals surface area contributed by atoms with Crippen LogP contribution in [-0.4, -0.2) is 68.4 Å². The first-order valence-corrected chi connectivity index (χ1v) is 6.74. The Hall–Kier alpha value is -2.78. The van der Waals surface area contributed by atoms with Gasteiger partial charge in [-0.1, -0.05) is 6.58 Å². The molecular weight excluding hydrogens is 310 g/mol. The Morgan fingerprint density at radius 3 is 2.22 bits per heavy atom. The van der Waals surface area contributed by atoms with Crippen LogP contribution in [0, 0.1) is 0 Å². The van der Waals surface area contributed by atoms with E-state index in [1.807, 2.05) is 0 Å². The van der Waals surface area contributed by atoms with Gasteiger partial charge in [0.15, 0.2) is 0 Å². The van der Waals surface area contributed by atoms with Crippen molar-refractivity contribution in [2.45, 2.75) is 6.92 Å². The Labute approximate surface area is 133 Å². The fraction of sp³-hybridized carbons (Fsp3) is 0.538. The number of carbonyl (C=O) groups excluding carboxylic acids is 4. The van der Waals surface area contributed by atoms with Gasteiger partial charge in [-0.05, 0) is 0 Å². The Balaban J connectivity index is 4.24. The highest BCUT2D eigenvalue weighted by Gasteiger charge is 2.14. The number of nitrogens with one attached hydrogen (secondary N) is 1. The van der Waals surface area contributed by atoms with Crippen LogP contribution < -0.4 is 11.1 Å². The van der Waals surface area contributed by atoms with Crippen LogP contribution >= 0.6 is 0 Å². The molecule has 0 atom stereocenters. The van der Waals surface area contributed by atoms with Crippen LogP contribution in [0.1, 0.15) is 6.92 Å². The van der Waals surface area contributed by atoms with Gasteiger partial charge in [-0.25, -0.2) is 14.4 Å². The van der Waals surface area contributed by atoms with Crippen molar-refractivity contribution >= 4 is 24.1 Å². The lowest BCUT2D eigenvalue weighted by atomic mass is 10.5. The average molecular weight is 331 g/mol. The summed E-state index contributed by atoms with van der Waals surface area (Å²) >= 11 is 0. The molecule has 0 bridgehead atoms. The maximum absolute atomic E-state index is 12.0. The van der Waals surface area contributed by atoms with Gasteiger partial charge in [-0.3, -0.25) is 4.79 Å². The standard InChI is InChI=1S/C13H21N3O7/c1-3-11(18)22-7-4-15-13(20)16(5-8-21-10(2)17)6-9-23-12(14)19/h3H,1,4-9H2,2H3,(H2,14,19)(H,15,20). The largest absolute Gasteiger partial charge is 0.464 e. The van der Waals surface area contributed by atoms with Gasteiger partial charge in [-0.2, -0.15) is 0 Å². The Kier molecular flexibility index (Phi) is 10.4. The predicted octanol–water partition coefficient (Wildman–Crippen LogP) is -0.614. The lowest BCUT2D eigenvalue weighted by molar-refractivity contribution is -0.141. The van der Waals surface area contributed by atoms with E-state index in [1.165, 1.54) is 11.8 Å². The molecule has 0 aliphatic heterocycles. The van der Waals surface area contributed by atoms with Gasteiger partial charge in [0, 0.05) is 13.0 Å². The highest BCUT2D eigenvalue weighted by atomic mass is 16.5. The molecule has 0 fully saturated rings. The summed E-state index contributed by atoms with van der Waals surface area (Å²) in [5.74, 6) is -1.07. The zero-order valence-corrected chi connectivity index (χ0v) is 12.9. The molecule has 0 saturated carbocycles. The van der Waals surface area contributed by atoms with Gasteiger partial charge in [0.1, 0.15) is 19.8 Å². The lowest BCUT2D eigenvalue weighted by Crippen LogP contribution is -2.44. The minimum absolute atomic E-state index is 0.00915. The smallest absolute Gasteiger partial charge is 0.404 e. The number of hydrogen-bond donors (Lipinski definition) is 2. The van der Waals surface area contributed by atoms with E-state index < -0.39 is 24.1 Å². The van der Waals surface area contributed by atoms with Crippen LogP contribution in [0.4, 0.5) is 9.59 Å². The number of primary amides is 1. The summed E-state index contributed by atoms with van der Waals surface area (Å²) in [5.41, 5.74) is 4.83. The highest BCUT2D eigenvalue weighted by Crippen LogP contribution is 1.92.